The van der Waals surface area contributed by atoms with Gasteiger partial charge in [0.25, 0.3) is 0 Å². The minimum absolute atomic E-state index is 0.472. The summed E-state index contributed by atoms with van der Waals surface area (Å²) in [6, 6.07) is 0. The van der Waals surface area contributed by atoms with Crippen molar-refractivity contribution in [2.45, 2.75) is 38.5 Å². The van der Waals surface area contributed by atoms with Crippen molar-refractivity contribution in [3.05, 3.63) is 0 Å². The highest BCUT2D eigenvalue weighted by molar-refractivity contribution is 5.78. The zero-order chi connectivity index (χ0) is 8.81. The van der Waals surface area contributed by atoms with Gasteiger partial charge < -0.3 is 4.90 Å². The van der Waals surface area contributed by atoms with Crippen LogP contribution < -0.4 is 0 Å². The third-order valence-corrected chi connectivity index (χ3v) is 2.49. The van der Waals surface area contributed by atoms with Gasteiger partial charge in [-0.1, -0.05) is 0 Å². The number of Topliss-reactive ketones (excluding diaryl/α,β-unsaturated/α-hetero) is 1. The van der Waals surface area contributed by atoms with Crippen LogP contribution in [-0.2, 0) is 4.79 Å². The van der Waals surface area contributed by atoms with Crippen LogP contribution in [0.4, 0.5) is 0 Å². The number of ketones is 1. The van der Waals surface area contributed by atoms with Gasteiger partial charge in [-0.05, 0) is 45.8 Å². The van der Waals surface area contributed by atoms with E-state index in [0.717, 1.165) is 38.8 Å². The van der Waals surface area contributed by atoms with Crippen LogP contribution in [0.3, 0.4) is 0 Å². The average Bonchev–Trinajstić information content (AvgIpc) is 2.06. The van der Waals surface area contributed by atoms with E-state index >= 15 is 0 Å². The van der Waals surface area contributed by atoms with Crippen molar-refractivity contribution in [2.75, 3.05) is 20.1 Å². The maximum Gasteiger partial charge on any atom is 0.132 e. The van der Waals surface area contributed by atoms with Gasteiger partial charge in [-0.25, -0.2) is 0 Å². The summed E-state index contributed by atoms with van der Waals surface area (Å²) in [5.74, 6) is 0.472. The molecular formula is C10H19NO. The summed E-state index contributed by atoms with van der Waals surface area (Å²) in [5, 5.41) is 0. The molecule has 2 heteroatoms. The van der Waals surface area contributed by atoms with Gasteiger partial charge in [-0.15, -0.1) is 0 Å². The Balaban J connectivity index is 2.25. The molecule has 0 spiro atoms. The molecular weight excluding hydrogens is 150 g/mol. The van der Waals surface area contributed by atoms with E-state index in [2.05, 4.69) is 11.9 Å². The Hall–Kier alpha value is -0.370. The van der Waals surface area contributed by atoms with E-state index in [9.17, 15) is 4.79 Å². The molecule has 0 unspecified atom stereocenters. The normalized spacial score (nSPS) is 23.9. The Bertz CT molecular complexity index is 131. The Kier molecular flexibility index (Phi) is 4.30. The van der Waals surface area contributed by atoms with Crippen LogP contribution in [0.25, 0.3) is 0 Å². The third kappa shape index (κ3) is 3.86. The molecule has 0 saturated carbocycles. The number of hydrogen-bond acceptors (Lipinski definition) is 2. The molecule has 12 heavy (non-hydrogen) atoms. The first-order chi connectivity index (χ1) is 5.79. The zero-order valence-electron chi connectivity index (χ0n) is 8.01. The maximum absolute atomic E-state index is 11.2. The molecule has 1 rings (SSSR count). The molecule has 70 valence electrons. The summed E-state index contributed by atoms with van der Waals surface area (Å²) in [6.45, 7) is 2.32. The summed E-state index contributed by atoms with van der Waals surface area (Å²) >= 11 is 0. The Morgan fingerprint density at radius 3 is 2.00 bits per heavy atom. The van der Waals surface area contributed by atoms with Crippen LogP contribution in [0.1, 0.15) is 38.5 Å². The molecule has 1 aliphatic heterocycles. The van der Waals surface area contributed by atoms with Gasteiger partial charge in [0.05, 0.1) is 0 Å². The van der Waals surface area contributed by atoms with E-state index in [4.69, 9.17) is 0 Å². The molecule has 0 aromatic heterocycles. The summed E-state index contributed by atoms with van der Waals surface area (Å²) < 4.78 is 0. The Morgan fingerprint density at radius 2 is 1.50 bits per heavy atom. The van der Waals surface area contributed by atoms with Gasteiger partial charge >= 0.3 is 0 Å². The predicted molar refractivity (Wildman–Crippen MR) is 50.2 cm³/mol. The smallest absolute Gasteiger partial charge is 0.132 e. The standard InChI is InChI=1S/C10H19NO/c1-11-8-4-2-6-10(12)7-3-5-9-11/h2-9H2,1H3. The largest absolute Gasteiger partial charge is 0.306 e. The van der Waals surface area contributed by atoms with Crippen LogP contribution in [0.2, 0.25) is 0 Å². The first-order valence-electron chi connectivity index (χ1n) is 4.99. The highest BCUT2D eigenvalue weighted by atomic mass is 16.1. The van der Waals surface area contributed by atoms with Crippen LogP contribution in [-0.4, -0.2) is 30.8 Å². The molecule has 1 fully saturated rings. The van der Waals surface area contributed by atoms with E-state index in [-0.39, 0.29) is 0 Å². The topological polar surface area (TPSA) is 20.3 Å². The monoisotopic (exact) mass is 169 g/mol. The zero-order valence-corrected chi connectivity index (χ0v) is 8.01. The second kappa shape index (κ2) is 5.31. The number of carbonyl (C=O) groups is 1. The van der Waals surface area contributed by atoms with Crippen LogP contribution in [0.15, 0.2) is 0 Å². The number of rotatable bonds is 0. The lowest BCUT2D eigenvalue weighted by Crippen LogP contribution is -2.22. The summed E-state index contributed by atoms with van der Waals surface area (Å²) in [5.41, 5.74) is 0. The van der Waals surface area contributed by atoms with Crippen LogP contribution >= 0.6 is 0 Å². The number of nitrogens with zero attached hydrogens (tertiary/aromatic N) is 1. The van der Waals surface area contributed by atoms with E-state index in [0.29, 0.717) is 5.78 Å². The second-order valence-electron chi connectivity index (χ2n) is 3.76. The van der Waals surface area contributed by atoms with Gasteiger partial charge in [-0.3, -0.25) is 4.79 Å². The number of carbonyl (C=O) groups excluding carboxylic acids is 1. The van der Waals surface area contributed by atoms with Gasteiger partial charge in [-0.2, -0.15) is 0 Å². The van der Waals surface area contributed by atoms with Gasteiger partial charge in [0.15, 0.2) is 0 Å². The number of hydrogen-bond donors (Lipinski definition) is 0. The lowest BCUT2D eigenvalue weighted by molar-refractivity contribution is -0.119. The molecule has 0 radical (unpaired) electrons. The highest BCUT2D eigenvalue weighted by Crippen LogP contribution is 2.07. The van der Waals surface area contributed by atoms with Crippen molar-refractivity contribution < 1.29 is 4.79 Å². The minimum Gasteiger partial charge on any atom is -0.306 e. The van der Waals surface area contributed by atoms with Crippen molar-refractivity contribution in [1.82, 2.24) is 4.90 Å². The molecule has 0 N–H and O–H groups in total. The van der Waals surface area contributed by atoms with E-state index in [1.54, 1.807) is 0 Å². The molecule has 0 aliphatic carbocycles. The van der Waals surface area contributed by atoms with E-state index in [1.165, 1.54) is 12.8 Å². The second-order valence-corrected chi connectivity index (χ2v) is 3.76. The first-order valence-corrected chi connectivity index (χ1v) is 4.99. The molecule has 0 aromatic rings. The molecule has 0 amide bonds. The van der Waals surface area contributed by atoms with Crippen molar-refractivity contribution in [3.8, 4) is 0 Å². The van der Waals surface area contributed by atoms with Gasteiger partial charge in [0, 0.05) is 12.8 Å². The highest BCUT2D eigenvalue weighted by Gasteiger charge is 2.06. The van der Waals surface area contributed by atoms with Crippen molar-refractivity contribution >= 4 is 5.78 Å². The fraction of sp³-hybridized carbons (Fsp3) is 0.900. The lowest BCUT2D eigenvalue weighted by Gasteiger charge is -2.17. The van der Waals surface area contributed by atoms with Crippen LogP contribution in [0.5, 0.6) is 0 Å². The lowest BCUT2D eigenvalue weighted by atomic mass is 10.1. The van der Waals surface area contributed by atoms with E-state index in [1.807, 2.05) is 0 Å². The molecule has 1 saturated heterocycles. The first kappa shape index (κ1) is 9.72. The third-order valence-electron chi connectivity index (χ3n) is 2.49. The maximum atomic E-state index is 11.2. The predicted octanol–water partition coefficient (Wildman–Crippen LogP) is 1.84. The van der Waals surface area contributed by atoms with Crippen molar-refractivity contribution in [2.24, 2.45) is 0 Å². The Labute approximate surface area is 74.9 Å². The molecule has 1 aliphatic rings. The summed E-state index contributed by atoms with van der Waals surface area (Å²) in [7, 11) is 2.17. The van der Waals surface area contributed by atoms with Gasteiger partial charge in [0.1, 0.15) is 5.78 Å². The summed E-state index contributed by atoms with van der Waals surface area (Å²) in [4.78, 5) is 13.5. The van der Waals surface area contributed by atoms with E-state index < -0.39 is 0 Å². The average molecular weight is 169 g/mol. The van der Waals surface area contributed by atoms with Crippen molar-refractivity contribution in [3.63, 3.8) is 0 Å². The van der Waals surface area contributed by atoms with Gasteiger partial charge in [0.2, 0.25) is 0 Å². The SMILES string of the molecule is CN1CCCCC(=O)CCCC1. The van der Waals surface area contributed by atoms with Crippen molar-refractivity contribution in [1.29, 1.82) is 0 Å². The minimum atomic E-state index is 0.472. The molecule has 1 heterocycles. The molecule has 0 aromatic carbocycles. The molecule has 0 bridgehead atoms. The fourth-order valence-corrected chi connectivity index (χ4v) is 1.64. The summed E-state index contributed by atoms with van der Waals surface area (Å²) in [6.07, 6.45) is 6.17. The quantitative estimate of drug-likeness (QED) is 0.551. The molecule has 2 nitrogen and oxygen atoms in total. The van der Waals surface area contributed by atoms with Crippen LogP contribution in [0, 0.1) is 0 Å². The molecule has 0 atom stereocenters. The Morgan fingerprint density at radius 1 is 1.00 bits per heavy atom. The fourth-order valence-electron chi connectivity index (χ4n) is 1.64.